The maximum absolute atomic E-state index is 12.8. The van der Waals surface area contributed by atoms with E-state index in [0.717, 1.165) is 122 Å². The van der Waals surface area contributed by atoms with Crippen LogP contribution >= 0.6 is 0 Å². The molecule has 376 valence electrons. The zero-order valence-corrected chi connectivity index (χ0v) is 43.0. The summed E-state index contributed by atoms with van der Waals surface area (Å²) in [5.41, 5.74) is 0. The number of allylic oxidation sites excluding steroid dienone is 29. The van der Waals surface area contributed by atoms with Crippen LogP contribution < -0.4 is 0 Å². The van der Waals surface area contributed by atoms with Crippen molar-refractivity contribution in [2.75, 3.05) is 19.8 Å². The van der Waals surface area contributed by atoms with Crippen molar-refractivity contribution in [1.29, 1.82) is 0 Å². The van der Waals surface area contributed by atoms with Crippen LogP contribution in [0.1, 0.15) is 175 Å². The van der Waals surface area contributed by atoms with Crippen LogP contribution in [0.4, 0.5) is 0 Å². The molecule has 0 saturated carbocycles. The van der Waals surface area contributed by atoms with Gasteiger partial charge in [0.1, 0.15) is 6.61 Å². The molecule has 5 heteroatoms. The highest BCUT2D eigenvalue weighted by molar-refractivity contribution is 5.71. The molecule has 0 aromatic heterocycles. The van der Waals surface area contributed by atoms with E-state index < -0.39 is 6.10 Å². The average Bonchev–Trinajstić information content (AvgIpc) is 3.34. The number of carbonyl (C=O) groups excluding carboxylic acids is 2. The number of ether oxygens (including phenoxy) is 3. The lowest BCUT2D eigenvalue weighted by Gasteiger charge is -2.18. The van der Waals surface area contributed by atoms with Gasteiger partial charge >= 0.3 is 11.9 Å². The lowest BCUT2D eigenvalue weighted by Crippen LogP contribution is -2.29. The van der Waals surface area contributed by atoms with E-state index >= 15 is 0 Å². The second-order valence-corrected chi connectivity index (χ2v) is 16.3. The summed E-state index contributed by atoms with van der Waals surface area (Å²) in [5.74, 6) is -0.670. The van der Waals surface area contributed by atoms with Gasteiger partial charge in [0.05, 0.1) is 13.0 Å². The summed E-state index contributed by atoms with van der Waals surface area (Å²) in [4.78, 5) is 25.4. The third-order valence-corrected chi connectivity index (χ3v) is 9.96. The quantitative estimate of drug-likeness (QED) is 0.0346. The second-order valence-electron chi connectivity index (χ2n) is 16.3. The largest absolute Gasteiger partial charge is 0.462 e. The van der Waals surface area contributed by atoms with Crippen LogP contribution in [-0.2, 0) is 23.8 Å². The number of unbranched alkanes of at least 4 members (excludes halogenated alkanes) is 5. The Bertz CT molecular complexity index is 1620. The minimum Gasteiger partial charge on any atom is -0.462 e. The van der Waals surface area contributed by atoms with Crippen molar-refractivity contribution in [3.63, 3.8) is 0 Å². The van der Waals surface area contributed by atoms with Gasteiger partial charge in [0.15, 0.2) is 6.10 Å². The van der Waals surface area contributed by atoms with Crippen LogP contribution in [0.2, 0.25) is 0 Å². The van der Waals surface area contributed by atoms with Crippen molar-refractivity contribution in [3.8, 4) is 0 Å². The molecule has 0 amide bonds. The van der Waals surface area contributed by atoms with Crippen molar-refractivity contribution in [2.24, 2.45) is 0 Å². The molecular formula is C63H94O5. The summed E-state index contributed by atoms with van der Waals surface area (Å²) in [7, 11) is 0. The molecule has 0 aliphatic rings. The molecule has 0 fully saturated rings. The standard InChI is InChI=1S/C63H94O5/c1-4-7-10-13-16-19-22-25-28-30-32-33-36-38-41-44-47-50-53-56-62(64)67-60-61(68-63(65)57-54-51-48-45-42-39-35-27-24-21-18-15-12-9-6-3)59-66-58-55-52-49-46-43-40-37-34-31-29-26-23-20-17-14-11-8-5-2/h7-12,16-21,25-29,32-35,37-38,41-42,45,47,50-51,54,61H,4-6,13-15,22-24,30-31,36,39-40,43-44,46,48-49,52-53,55-60H2,1-3H3/b10-7-,11-8-,12-9-,19-16-,20-17-,21-18-,28-25-,29-26-,33-32-,35-27-,37-34-,41-38-,45-42-,50-47-,54-51-. The fourth-order valence-electron chi connectivity index (χ4n) is 6.19. The fraction of sp³-hybridized carbons (Fsp3) is 0.492. The zero-order chi connectivity index (χ0) is 49.2. The highest BCUT2D eigenvalue weighted by atomic mass is 16.6. The number of hydrogen-bond donors (Lipinski definition) is 0. The van der Waals surface area contributed by atoms with E-state index in [1.54, 1.807) is 0 Å². The maximum Gasteiger partial charge on any atom is 0.310 e. The zero-order valence-electron chi connectivity index (χ0n) is 43.0. The fourth-order valence-corrected chi connectivity index (χ4v) is 6.19. The van der Waals surface area contributed by atoms with Crippen molar-refractivity contribution >= 4 is 11.9 Å². The predicted molar refractivity (Wildman–Crippen MR) is 297 cm³/mol. The van der Waals surface area contributed by atoms with Gasteiger partial charge in [0.25, 0.3) is 0 Å². The summed E-state index contributed by atoms with van der Waals surface area (Å²) < 4.78 is 17.2. The number of rotatable bonds is 45. The highest BCUT2D eigenvalue weighted by Gasteiger charge is 2.17. The van der Waals surface area contributed by atoms with Crippen LogP contribution in [0.25, 0.3) is 0 Å². The van der Waals surface area contributed by atoms with Crippen LogP contribution in [0.3, 0.4) is 0 Å². The molecule has 0 aliphatic heterocycles. The molecule has 0 aromatic carbocycles. The second kappa shape index (κ2) is 56.3. The molecule has 0 spiro atoms. The third-order valence-electron chi connectivity index (χ3n) is 9.96. The lowest BCUT2D eigenvalue weighted by molar-refractivity contribution is -0.162. The van der Waals surface area contributed by atoms with Crippen LogP contribution in [0, 0.1) is 0 Å². The topological polar surface area (TPSA) is 61.8 Å². The van der Waals surface area contributed by atoms with Gasteiger partial charge in [0, 0.05) is 13.0 Å². The van der Waals surface area contributed by atoms with E-state index in [0.29, 0.717) is 13.0 Å². The Morgan fingerprint density at radius 3 is 1.06 bits per heavy atom. The summed E-state index contributed by atoms with van der Waals surface area (Å²) >= 11 is 0. The van der Waals surface area contributed by atoms with Gasteiger partial charge in [-0.2, -0.15) is 0 Å². The number of carbonyl (C=O) groups is 2. The molecule has 0 N–H and O–H groups in total. The minimum absolute atomic E-state index is 0.0166. The van der Waals surface area contributed by atoms with Crippen LogP contribution in [0.15, 0.2) is 182 Å². The molecule has 0 aromatic rings. The van der Waals surface area contributed by atoms with Crippen molar-refractivity contribution in [1.82, 2.24) is 0 Å². The molecule has 5 nitrogen and oxygen atoms in total. The highest BCUT2D eigenvalue weighted by Crippen LogP contribution is 2.09. The van der Waals surface area contributed by atoms with Crippen molar-refractivity contribution < 1.29 is 23.8 Å². The van der Waals surface area contributed by atoms with E-state index in [1.165, 1.54) is 12.8 Å². The van der Waals surface area contributed by atoms with Gasteiger partial charge in [-0.1, -0.05) is 222 Å². The van der Waals surface area contributed by atoms with E-state index in [4.69, 9.17) is 14.2 Å². The van der Waals surface area contributed by atoms with Gasteiger partial charge < -0.3 is 14.2 Å². The Labute approximate surface area is 417 Å². The molecule has 0 saturated heterocycles. The Morgan fingerprint density at radius 2 is 0.662 bits per heavy atom. The maximum atomic E-state index is 12.8. The Hall–Kier alpha value is -5.00. The first kappa shape index (κ1) is 63.0. The Kier molecular flexibility index (Phi) is 52.2. The van der Waals surface area contributed by atoms with Gasteiger partial charge in [-0.3, -0.25) is 9.59 Å². The van der Waals surface area contributed by atoms with Gasteiger partial charge in [-0.25, -0.2) is 0 Å². The summed E-state index contributed by atoms with van der Waals surface area (Å²) in [6.07, 6.45) is 86.6. The first-order valence-corrected chi connectivity index (χ1v) is 26.3. The molecule has 1 unspecified atom stereocenters. The van der Waals surface area contributed by atoms with E-state index in [1.807, 2.05) is 18.2 Å². The normalized spacial score (nSPS) is 13.8. The first-order valence-electron chi connectivity index (χ1n) is 26.3. The van der Waals surface area contributed by atoms with Gasteiger partial charge in [0.2, 0.25) is 0 Å². The van der Waals surface area contributed by atoms with Crippen LogP contribution in [-0.4, -0.2) is 37.9 Å². The van der Waals surface area contributed by atoms with Crippen LogP contribution in [0.5, 0.6) is 0 Å². The molecule has 68 heavy (non-hydrogen) atoms. The van der Waals surface area contributed by atoms with E-state index in [9.17, 15) is 9.59 Å². The number of esters is 2. The molecule has 1 atom stereocenters. The summed E-state index contributed by atoms with van der Waals surface area (Å²) in [6.45, 7) is 7.22. The molecule has 0 aliphatic carbocycles. The number of hydrogen-bond acceptors (Lipinski definition) is 5. The summed E-state index contributed by atoms with van der Waals surface area (Å²) in [6, 6.07) is 0. The predicted octanol–water partition coefficient (Wildman–Crippen LogP) is 18.2. The molecule has 0 heterocycles. The SMILES string of the molecule is CC/C=C\C/C=C\C/C=C\C/C=C\C/C=C\C/C=C\CCC(=O)OCC(COCCCCCCC/C=C\C/C=C\C/C=C\C/C=C\CC)OC(=O)C/C=C\C/C=C\C/C=C\C/C=C\C/C=C\CC. The van der Waals surface area contributed by atoms with Crippen molar-refractivity contribution in [3.05, 3.63) is 182 Å². The minimum atomic E-state index is -0.647. The monoisotopic (exact) mass is 931 g/mol. The molecule has 0 radical (unpaired) electrons. The summed E-state index contributed by atoms with van der Waals surface area (Å²) in [5, 5.41) is 0. The van der Waals surface area contributed by atoms with Gasteiger partial charge in [-0.15, -0.1) is 0 Å². The van der Waals surface area contributed by atoms with E-state index in [2.05, 4.69) is 185 Å². The molecular weight excluding hydrogens is 837 g/mol. The lowest BCUT2D eigenvalue weighted by atomic mass is 10.1. The van der Waals surface area contributed by atoms with Gasteiger partial charge in [-0.05, 0) is 122 Å². The third kappa shape index (κ3) is 53.6. The average molecular weight is 931 g/mol. The Morgan fingerprint density at radius 1 is 0.338 bits per heavy atom. The van der Waals surface area contributed by atoms with Crippen molar-refractivity contribution in [2.45, 2.75) is 181 Å². The molecule has 0 rings (SSSR count). The molecule has 0 bridgehead atoms. The van der Waals surface area contributed by atoms with E-state index in [-0.39, 0.29) is 38.0 Å². The first-order chi connectivity index (χ1) is 33.6. The smallest absolute Gasteiger partial charge is 0.310 e. The Balaban J connectivity index is 4.59.